The minimum Gasteiger partial charge on any atom is -0.497 e. The summed E-state index contributed by atoms with van der Waals surface area (Å²) in [6.07, 6.45) is 0.961. The molecule has 0 saturated heterocycles. The van der Waals surface area contributed by atoms with Crippen LogP contribution >= 0.6 is 0 Å². The average molecular weight is 426 g/mol. The highest BCUT2D eigenvalue weighted by Crippen LogP contribution is 2.25. The fourth-order valence-electron chi connectivity index (χ4n) is 3.64. The smallest absolute Gasteiger partial charge is 0.220 e. The zero-order valence-corrected chi connectivity index (χ0v) is 18.4. The lowest BCUT2D eigenvalue weighted by atomic mass is 10.1. The quantitative estimate of drug-likeness (QED) is 0.427. The highest BCUT2D eigenvalue weighted by molar-refractivity contribution is 5.76. The topological polar surface area (TPSA) is 56.2 Å². The second-order valence-electron chi connectivity index (χ2n) is 7.76. The number of hydrogen-bond donors (Lipinski definition) is 1. The van der Waals surface area contributed by atoms with E-state index in [1.807, 2.05) is 59.3 Å². The molecule has 32 heavy (non-hydrogen) atoms. The summed E-state index contributed by atoms with van der Waals surface area (Å²) < 4.78 is 7.20. The number of rotatable bonds is 8. The average Bonchev–Trinajstić information content (AvgIpc) is 3.26. The molecule has 0 bridgehead atoms. The van der Waals surface area contributed by atoms with Crippen molar-refractivity contribution < 1.29 is 9.53 Å². The van der Waals surface area contributed by atoms with E-state index < -0.39 is 0 Å². The van der Waals surface area contributed by atoms with Gasteiger partial charge in [0.15, 0.2) is 0 Å². The zero-order chi connectivity index (χ0) is 22.3. The number of ether oxygens (including phenoxy) is 1. The number of hydrogen-bond acceptors (Lipinski definition) is 3. The molecule has 0 aliphatic heterocycles. The summed E-state index contributed by atoms with van der Waals surface area (Å²) in [5.74, 6) is 0.819. The van der Waals surface area contributed by atoms with Crippen LogP contribution in [0.4, 0.5) is 0 Å². The molecule has 0 fully saturated rings. The Labute approximate surface area is 188 Å². The standard InChI is InChI=1S/C27H27N3O2/c1-20-7-6-8-21(17-20)19-28-27(31)16-11-23-18-26(22-9-4-3-5-10-22)30(29-23)24-12-14-25(32-2)15-13-24/h3-10,12-15,17-18H,11,16,19H2,1-2H3,(H,28,31). The number of carbonyl (C=O) groups excluding carboxylic acids is 1. The molecule has 0 aliphatic carbocycles. The zero-order valence-electron chi connectivity index (χ0n) is 18.4. The van der Waals surface area contributed by atoms with Crippen LogP contribution in [0.5, 0.6) is 5.75 Å². The molecule has 4 rings (SSSR count). The van der Waals surface area contributed by atoms with Crippen LogP contribution in [0, 0.1) is 6.92 Å². The minimum absolute atomic E-state index is 0.0202. The van der Waals surface area contributed by atoms with Gasteiger partial charge in [-0.3, -0.25) is 4.79 Å². The number of nitrogens with one attached hydrogen (secondary N) is 1. The Morgan fingerprint density at radius 3 is 2.47 bits per heavy atom. The van der Waals surface area contributed by atoms with Crippen LogP contribution in [0.15, 0.2) is 84.9 Å². The third-order valence-corrected chi connectivity index (χ3v) is 5.33. The van der Waals surface area contributed by atoms with Crippen molar-refractivity contribution >= 4 is 5.91 Å². The Balaban J connectivity index is 1.48. The maximum atomic E-state index is 12.4. The van der Waals surface area contributed by atoms with E-state index in [9.17, 15) is 4.79 Å². The second kappa shape index (κ2) is 9.96. The number of methoxy groups -OCH3 is 1. The summed E-state index contributed by atoms with van der Waals surface area (Å²) in [7, 11) is 1.65. The van der Waals surface area contributed by atoms with Crippen LogP contribution in [-0.2, 0) is 17.8 Å². The van der Waals surface area contributed by atoms with Crippen molar-refractivity contribution in [2.75, 3.05) is 7.11 Å². The number of aromatic nitrogens is 2. The van der Waals surface area contributed by atoms with Gasteiger partial charge in [0, 0.05) is 24.9 Å². The molecule has 0 spiro atoms. The molecule has 1 aromatic heterocycles. The van der Waals surface area contributed by atoms with Crippen molar-refractivity contribution in [3.8, 4) is 22.7 Å². The van der Waals surface area contributed by atoms with Gasteiger partial charge in [-0.25, -0.2) is 4.68 Å². The summed E-state index contributed by atoms with van der Waals surface area (Å²) in [5.41, 5.74) is 6.19. The van der Waals surface area contributed by atoms with E-state index >= 15 is 0 Å². The van der Waals surface area contributed by atoms with Crippen molar-refractivity contribution in [2.24, 2.45) is 0 Å². The molecule has 5 nitrogen and oxygen atoms in total. The van der Waals surface area contributed by atoms with Gasteiger partial charge in [0.05, 0.1) is 24.2 Å². The third-order valence-electron chi connectivity index (χ3n) is 5.33. The molecule has 0 atom stereocenters. The van der Waals surface area contributed by atoms with Crippen molar-refractivity contribution in [1.29, 1.82) is 0 Å². The predicted molar refractivity (Wildman–Crippen MR) is 127 cm³/mol. The van der Waals surface area contributed by atoms with Crippen molar-refractivity contribution in [1.82, 2.24) is 15.1 Å². The summed E-state index contributed by atoms with van der Waals surface area (Å²) in [4.78, 5) is 12.4. The third kappa shape index (κ3) is 5.24. The van der Waals surface area contributed by atoms with Crippen molar-refractivity contribution in [3.63, 3.8) is 0 Å². The molecule has 3 aromatic carbocycles. The largest absolute Gasteiger partial charge is 0.497 e. The molecule has 1 N–H and O–H groups in total. The predicted octanol–water partition coefficient (Wildman–Crippen LogP) is 5.11. The molecule has 0 aliphatic rings. The number of aryl methyl sites for hydroxylation is 2. The molecule has 1 heterocycles. The van der Waals surface area contributed by atoms with Gasteiger partial charge in [-0.1, -0.05) is 60.2 Å². The normalized spacial score (nSPS) is 10.7. The molecule has 0 saturated carbocycles. The Morgan fingerprint density at radius 1 is 0.969 bits per heavy atom. The fourth-order valence-corrected chi connectivity index (χ4v) is 3.64. The first-order valence-corrected chi connectivity index (χ1v) is 10.7. The molecule has 4 aromatic rings. The van der Waals surface area contributed by atoms with E-state index in [1.54, 1.807) is 7.11 Å². The van der Waals surface area contributed by atoms with Gasteiger partial charge >= 0.3 is 0 Å². The highest BCUT2D eigenvalue weighted by atomic mass is 16.5. The first-order valence-electron chi connectivity index (χ1n) is 10.7. The van der Waals surface area contributed by atoms with Crippen molar-refractivity contribution in [3.05, 3.63) is 102 Å². The minimum atomic E-state index is 0.0202. The SMILES string of the molecule is COc1ccc(-n2nc(CCC(=O)NCc3cccc(C)c3)cc2-c2ccccc2)cc1. The van der Waals surface area contributed by atoms with Gasteiger partial charge in [-0.05, 0) is 42.8 Å². The van der Waals surface area contributed by atoms with Crippen LogP contribution in [-0.4, -0.2) is 22.8 Å². The Bertz CT molecular complexity index is 1180. The number of nitrogens with zero attached hydrogens (tertiary/aromatic N) is 2. The maximum Gasteiger partial charge on any atom is 0.220 e. The van der Waals surface area contributed by atoms with E-state index in [2.05, 4.69) is 42.6 Å². The lowest BCUT2D eigenvalue weighted by Gasteiger charge is -2.08. The summed E-state index contributed by atoms with van der Waals surface area (Å²) >= 11 is 0. The monoisotopic (exact) mass is 425 g/mol. The van der Waals surface area contributed by atoms with E-state index in [1.165, 1.54) is 5.56 Å². The van der Waals surface area contributed by atoms with Gasteiger partial charge in [-0.2, -0.15) is 5.10 Å². The summed E-state index contributed by atoms with van der Waals surface area (Å²) in [6.45, 7) is 2.59. The Hall–Kier alpha value is -3.86. The van der Waals surface area contributed by atoms with E-state index in [4.69, 9.17) is 9.84 Å². The summed E-state index contributed by atoms with van der Waals surface area (Å²) in [6, 6.07) is 28.2. The molecule has 1 amide bonds. The van der Waals surface area contributed by atoms with E-state index in [0.717, 1.165) is 34.0 Å². The first kappa shape index (κ1) is 21.4. The van der Waals surface area contributed by atoms with E-state index in [-0.39, 0.29) is 5.91 Å². The van der Waals surface area contributed by atoms with Gasteiger partial charge in [0.1, 0.15) is 5.75 Å². The van der Waals surface area contributed by atoms with E-state index in [0.29, 0.717) is 19.4 Å². The Kier molecular flexibility index (Phi) is 6.66. The molecule has 0 unspecified atom stereocenters. The lowest BCUT2D eigenvalue weighted by molar-refractivity contribution is -0.121. The number of carbonyl (C=O) groups is 1. The summed E-state index contributed by atoms with van der Waals surface area (Å²) in [5, 5.41) is 7.82. The van der Waals surface area contributed by atoms with Crippen LogP contribution in [0.1, 0.15) is 23.2 Å². The lowest BCUT2D eigenvalue weighted by Crippen LogP contribution is -2.23. The Morgan fingerprint density at radius 2 is 1.75 bits per heavy atom. The fraction of sp³-hybridized carbons (Fsp3) is 0.185. The van der Waals surface area contributed by atoms with Crippen LogP contribution in [0.3, 0.4) is 0 Å². The molecular formula is C27H27N3O2. The molecular weight excluding hydrogens is 398 g/mol. The van der Waals surface area contributed by atoms with Gasteiger partial charge in [0.2, 0.25) is 5.91 Å². The molecule has 162 valence electrons. The second-order valence-corrected chi connectivity index (χ2v) is 7.76. The van der Waals surface area contributed by atoms with Gasteiger partial charge in [0.25, 0.3) is 0 Å². The van der Waals surface area contributed by atoms with Gasteiger partial charge in [-0.15, -0.1) is 0 Å². The number of benzene rings is 3. The number of amides is 1. The highest BCUT2D eigenvalue weighted by Gasteiger charge is 2.13. The molecule has 0 radical (unpaired) electrons. The van der Waals surface area contributed by atoms with Gasteiger partial charge < -0.3 is 10.1 Å². The van der Waals surface area contributed by atoms with Crippen LogP contribution in [0.2, 0.25) is 0 Å². The first-order chi connectivity index (χ1) is 15.6. The van der Waals surface area contributed by atoms with Crippen LogP contribution in [0.25, 0.3) is 16.9 Å². The van der Waals surface area contributed by atoms with Crippen LogP contribution < -0.4 is 10.1 Å². The van der Waals surface area contributed by atoms with Crippen molar-refractivity contribution in [2.45, 2.75) is 26.3 Å². The maximum absolute atomic E-state index is 12.4. The molecule has 5 heteroatoms.